The van der Waals surface area contributed by atoms with Crippen molar-refractivity contribution in [1.82, 2.24) is 19.6 Å². The lowest BCUT2D eigenvalue weighted by Gasteiger charge is -2.18. The summed E-state index contributed by atoms with van der Waals surface area (Å²) >= 11 is 0. The van der Waals surface area contributed by atoms with Crippen LogP contribution in [0.4, 0.5) is 10.2 Å². The lowest BCUT2D eigenvalue weighted by atomic mass is 10.1. The third-order valence-corrected chi connectivity index (χ3v) is 8.50. The number of alkyl halides is 1. The number of imidazole rings is 1. The SMILES string of the molecule is O=P(O)(O)CP(=O)(O)OC[C@H]1O[C@H](c2cnc3c(NCc4ccccc4)ncnn23)[C@@H](F)[C@@H]1O. The Morgan fingerprint density at radius 3 is 2.62 bits per heavy atom. The molecular formula is C18H22FN5O8P2. The summed E-state index contributed by atoms with van der Waals surface area (Å²) in [5.41, 5.74) is 1.46. The second kappa shape index (κ2) is 9.76. The van der Waals surface area contributed by atoms with Gasteiger partial charge in [-0.1, -0.05) is 30.3 Å². The summed E-state index contributed by atoms with van der Waals surface area (Å²) in [5.74, 6) is -1.02. The Labute approximate surface area is 192 Å². The number of aromatic nitrogens is 4. The number of hydrogen-bond donors (Lipinski definition) is 5. The number of aliphatic hydroxyl groups excluding tert-OH is 1. The molecule has 0 bridgehead atoms. The fraction of sp³-hybridized carbons (Fsp3) is 0.389. The molecule has 3 heterocycles. The van der Waals surface area contributed by atoms with Crippen LogP contribution in [0.15, 0.2) is 42.9 Å². The van der Waals surface area contributed by atoms with Crippen LogP contribution < -0.4 is 5.32 Å². The third-order valence-electron chi connectivity index (χ3n) is 5.05. The molecule has 1 saturated heterocycles. The summed E-state index contributed by atoms with van der Waals surface area (Å²) in [6, 6.07) is 9.54. The van der Waals surface area contributed by atoms with Crippen molar-refractivity contribution >= 4 is 26.7 Å². The number of hydrogen-bond acceptors (Lipinski definition) is 9. The van der Waals surface area contributed by atoms with Gasteiger partial charge < -0.3 is 34.4 Å². The number of halogens is 1. The summed E-state index contributed by atoms with van der Waals surface area (Å²) in [6.45, 7) is -0.309. The maximum atomic E-state index is 14.9. The van der Waals surface area contributed by atoms with E-state index in [1.807, 2.05) is 30.3 Å². The number of ether oxygens (including phenoxy) is 1. The van der Waals surface area contributed by atoms with Gasteiger partial charge in [0, 0.05) is 6.54 Å². The predicted molar refractivity (Wildman–Crippen MR) is 116 cm³/mol. The lowest BCUT2D eigenvalue weighted by Crippen LogP contribution is -2.31. The van der Waals surface area contributed by atoms with Crippen molar-refractivity contribution in [2.75, 3.05) is 17.8 Å². The monoisotopic (exact) mass is 517 g/mol. The molecule has 0 amide bonds. The van der Waals surface area contributed by atoms with Gasteiger partial charge in [0.15, 0.2) is 23.5 Å². The van der Waals surface area contributed by atoms with Gasteiger partial charge in [0.05, 0.1) is 18.5 Å². The Morgan fingerprint density at radius 1 is 1.18 bits per heavy atom. The second-order valence-electron chi connectivity index (χ2n) is 7.64. The van der Waals surface area contributed by atoms with Crippen molar-refractivity contribution < 1.29 is 42.6 Å². The fourth-order valence-electron chi connectivity index (χ4n) is 3.50. The lowest BCUT2D eigenvalue weighted by molar-refractivity contribution is -0.0199. The predicted octanol–water partition coefficient (Wildman–Crippen LogP) is 1.21. The highest BCUT2D eigenvalue weighted by Gasteiger charge is 2.47. The molecule has 13 nitrogen and oxygen atoms in total. The first-order valence-corrected chi connectivity index (χ1v) is 13.5. The molecule has 0 spiro atoms. The Bertz CT molecular complexity index is 1240. The van der Waals surface area contributed by atoms with Crippen molar-refractivity contribution in [2.45, 2.75) is 31.0 Å². The molecule has 1 aliphatic rings. The Kier molecular flexibility index (Phi) is 7.13. The second-order valence-corrected chi connectivity index (χ2v) is 11.6. The number of aliphatic hydroxyl groups is 1. The molecule has 4 rings (SSSR count). The van der Waals surface area contributed by atoms with Gasteiger partial charge in [-0.05, 0) is 5.56 Å². The molecule has 2 aromatic heterocycles. The van der Waals surface area contributed by atoms with Crippen molar-refractivity contribution in [1.29, 1.82) is 0 Å². The van der Waals surface area contributed by atoms with Gasteiger partial charge in [-0.15, -0.1) is 0 Å². The normalized spacial score (nSPS) is 24.9. The Hall–Kier alpha value is -2.28. The number of nitrogens with zero attached hydrogens (tertiary/aromatic N) is 4. The third kappa shape index (κ3) is 5.68. The zero-order valence-electron chi connectivity index (χ0n) is 17.5. The van der Waals surface area contributed by atoms with Crippen LogP contribution in [0.1, 0.15) is 17.4 Å². The molecule has 5 N–H and O–H groups in total. The Morgan fingerprint density at radius 2 is 1.91 bits per heavy atom. The largest absolute Gasteiger partial charge is 0.387 e. The molecule has 1 aromatic carbocycles. The van der Waals surface area contributed by atoms with E-state index in [0.717, 1.165) is 5.56 Å². The summed E-state index contributed by atoms with van der Waals surface area (Å²) in [5, 5.41) is 17.4. The fourth-order valence-corrected chi connectivity index (χ4v) is 6.07. The average molecular weight is 517 g/mol. The van der Waals surface area contributed by atoms with E-state index < -0.39 is 52.2 Å². The summed E-state index contributed by atoms with van der Waals surface area (Å²) in [6.07, 6.45) is -3.84. The smallest absolute Gasteiger partial charge is 0.340 e. The summed E-state index contributed by atoms with van der Waals surface area (Å²) in [7, 11) is -9.53. The number of anilines is 1. The van der Waals surface area contributed by atoms with E-state index in [-0.39, 0.29) is 5.69 Å². The van der Waals surface area contributed by atoms with E-state index in [1.54, 1.807) is 0 Å². The van der Waals surface area contributed by atoms with Crippen molar-refractivity contribution in [3.8, 4) is 0 Å². The molecule has 0 radical (unpaired) electrons. The van der Waals surface area contributed by atoms with Crippen LogP contribution in [0.25, 0.3) is 5.65 Å². The van der Waals surface area contributed by atoms with E-state index in [0.29, 0.717) is 18.0 Å². The van der Waals surface area contributed by atoms with Gasteiger partial charge in [-0.25, -0.2) is 18.9 Å². The number of fused-ring (bicyclic) bond motifs is 1. The van der Waals surface area contributed by atoms with Gasteiger partial charge >= 0.3 is 15.2 Å². The van der Waals surface area contributed by atoms with Gasteiger partial charge in [-0.2, -0.15) is 5.10 Å². The minimum atomic E-state index is -4.83. The topological polar surface area (TPSA) is 189 Å². The van der Waals surface area contributed by atoms with Crippen LogP contribution >= 0.6 is 15.2 Å². The molecule has 0 saturated carbocycles. The summed E-state index contributed by atoms with van der Waals surface area (Å²) in [4.78, 5) is 35.7. The van der Waals surface area contributed by atoms with Crippen LogP contribution in [0.2, 0.25) is 0 Å². The zero-order chi connectivity index (χ0) is 24.5. The zero-order valence-corrected chi connectivity index (χ0v) is 19.2. The minimum Gasteiger partial charge on any atom is -0.387 e. The molecule has 16 heteroatoms. The van der Waals surface area contributed by atoms with Crippen LogP contribution in [0.5, 0.6) is 0 Å². The molecule has 3 aromatic rings. The van der Waals surface area contributed by atoms with Gasteiger partial charge in [-0.3, -0.25) is 9.13 Å². The van der Waals surface area contributed by atoms with Crippen molar-refractivity contribution in [2.24, 2.45) is 0 Å². The number of nitrogens with one attached hydrogen (secondary N) is 1. The van der Waals surface area contributed by atoms with E-state index in [9.17, 15) is 23.5 Å². The maximum Gasteiger partial charge on any atom is 0.340 e. The van der Waals surface area contributed by atoms with Crippen LogP contribution in [-0.2, 0) is 24.9 Å². The van der Waals surface area contributed by atoms with Crippen molar-refractivity contribution in [3.05, 3.63) is 54.1 Å². The van der Waals surface area contributed by atoms with Crippen LogP contribution in [0.3, 0.4) is 0 Å². The van der Waals surface area contributed by atoms with E-state index in [2.05, 4.69) is 24.9 Å². The molecule has 184 valence electrons. The molecule has 0 aliphatic carbocycles. The van der Waals surface area contributed by atoms with Gasteiger partial charge in [0.25, 0.3) is 0 Å². The van der Waals surface area contributed by atoms with E-state index in [4.69, 9.17) is 14.5 Å². The number of benzene rings is 1. The average Bonchev–Trinajstić information content (AvgIpc) is 3.32. The van der Waals surface area contributed by atoms with Crippen LogP contribution in [0, 0.1) is 0 Å². The Balaban J connectivity index is 1.48. The molecule has 1 aliphatic heterocycles. The first-order valence-electron chi connectivity index (χ1n) is 9.99. The standard InChI is InChI=1S/C18H22FN5O8P2/c19-14-15(25)13(8-31-34(29,30)10-33(26,27)28)32-16(14)12-7-21-18-17(22-9-23-24(12)18)20-6-11-4-2-1-3-5-11/h1-5,7,9,13-16,25H,6,8,10H2,(H,29,30)(H,20,22,23)(H2,26,27,28)/t13-,14+,15-,16-/m1/s1. The highest BCUT2D eigenvalue weighted by Crippen LogP contribution is 2.55. The molecule has 5 atom stereocenters. The van der Waals surface area contributed by atoms with Gasteiger partial charge in [0.1, 0.15) is 24.6 Å². The highest BCUT2D eigenvalue weighted by atomic mass is 31.2. The molecule has 34 heavy (non-hydrogen) atoms. The molecule has 1 unspecified atom stereocenters. The maximum absolute atomic E-state index is 14.9. The highest BCUT2D eigenvalue weighted by molar-refractivity contribution is 7.70. The summed E-state index contributed by atoms with van der Waals surface area (Å²) < 4.78 is 49.2. The van der Waals surface area contributed by atoms with Crippen LogP contribution in [-0.4, -0.2) is 70.3 Å². The molecule has 1 fully saturated rings. The first-order chi connectivity index (χ1) is 16.0. The van der Waals surface area contributed by atoms with E-state index in [1.165, 1.54) is 17.0 Å². The van der Waals surface area contributed by atoms with Crippen molar-refractivity contribution in [3.63, 3.8) is 0 Å². The molecular weight excluding hydrogens is 495 g/mol. The minimum absolute atomic E-state index is 0.164. The van der Waals surface area contributed by atoms with Gasteiger partial charge in [0.2, 0.25) is 0 Å². The first kappa shape index (κ1) is 24.8. The quantitative estimate of drug-likeness (QED) is 0.256. The number of rotatable bonds is 9. The van der Waals surface area contributed by atoms with E-state index >= 15 is 0 Å².